The van der Waals surface area contributed by atoms with Crippen LogP contribution in [0.25, 0.3) is 0 Å². The van der Waals surface area contributed by atoms with Gasteiger partial charge in [-0.2, -0.15) is 0 Å². The third-order valence-corrected chi connectivity index (χ3v) is 3.91. The average Bonchev–Trinajstić information content (AvgIpc) is 2.42. The van der Waals surface area contributed by atoms with Crippen LogP contribution in [0, 0.1) is 11.6 Å². The third-order valence-electron chi connectivity index (χ3n) is 3.19. The quantitative estimate of drug-likeness (QED) is 0.768. The molecule has 1 aliphatic rings. The molecular formula is C15H9BrF2O2. The van der Waals surface area contributed by atoms with E-state index in [1.807, 2.05) is 0 Å². The monoisotopic (exact) mass is 338 g/mol. The van der Waals surface area contributed by atoms with Crippen molar-refractivity contribution in [1.82, 2.24) is 0 Å². The number of carbonyl (C=O) groups is 1. The topological polar surface area (TPSA) is 26.3 Å². The van der Waals surface area contributed by atoms with Crippen LogP contribution in [0.1, 0.15) is 28.4 Å². The highest BCUT2D eigenvalue weighted by molar-refractivity contribution is 9.10. The van der Waals surface area contributed by atoms with Gasteiger partial charge in [-0.15, -0.1) is 0 Å². The predicted molar refractivity (Wildman–Crippen MR) is 72.8 cm³/mol. The highest BCUT2D eigenvalue weighted by Crippen LogP contribution is 2.37. The zero-order chi connectivity index (χ0) is 14.3. The number of fused-ring (bicyclic) bond motifs is 1. The van der Waals surface area contributed by atoms with Crippen LogP contribution in [-0.4, -0.2) is 5.78 Å². The molecule has 0 radical (unpaired) electrons. The molecule has 5 heteroatoms. The van der Waals surface area contributed by atoms with Gasteiger partial charge < -0.3 is 4.74 Å². The van der Waals surface area contributed by atoms with Crippen molar-refractivity contribution in [3.63, 3.8) is 0 Å². The van der Waals surface area contributed by atoms with E-state index in [9.17, 15) is 13.6 Å². The number of halogens is 3. The summed E-state index contributed by atoms with van der Waals surface area (Å²) in [6.07, 6.45) is -0.524. The molecule has 1 heterocycles. The smallest absolute Gasteiger partial charge is 0.170 e. The van der Waals surface area contributed by atoms with Crippen LogP contribution in [-0.2, 0) is 0 Å². The lowest BCUT2D eigenvalue weighted by molar-refractivity contribution is 0.0848. The van der Waals surface area contributed by atoms with Gasteiger partial charge in [0.15, 0.2) is 5.78 Å². The van der Waals surface area contributed by atoms with Crippen LogP contribution in [0.2, 0.25) is 0 Å². The summed E-state index contributed by atoms with van der Waals surface area (Å²) in [6.45, 7) is 0. The molecule has 1 atom stereocenters. The van der Waals surface area contributed by atoms with Crippen molar-refractivity contribution < 1.29 is 18.3 Å². The summed E-state index contributed by atoms with van der Waals surface area (Å²) in [5.41, 5.74) is 0.794. The van der Waals surface area contributed by atoms with Gasteiger partial charge in [-0.05, 0) is 36.4 Å². The lowest BCUT2D eigenvalue weighted by atomic mass is 9.96. The predicted octanol–water partition coefficient (Wildman–Crippen LogP) is 4.43. The van der Waals surface area contributed by atoms with Gasteiger partial charge in [0.05, 0.1) is 12.0 Å². The molecule has 0 aliphatic carbocycles. The summed E-state index contributed by atoms with van der Waals surface area (Å²) in [5.74, 6) is -0.772. The molecule has 3 rings (SSSR count). The molecule has 0 saturated carbocycles. The summed E-state index contributed by atoms with van der Waals surface area (Å²) in [4.78, 5) is 12.1. The van der Waals surface area contributed by atoms with Crippen molar-refractivity contribution in [3.05, 3.63) is 63.6 Å². The average molecular weight is 339 g/mol. The van der Waals surface area contributed by atoms with E-state index in [2.05, 4.69) is 15.9 Å². The zero-order valence-electron chi connectivity index (χ0n) is 10.2. The molecule has 2 nitrogen and oxygen atoms in total. The van der Waals surface area contributed by atoms with E-state index in [1.165, 1.54) is 24.3 Å². The summed E-state index contributed by atoms with van der Waals surface area (Å²) < 4.78 is 32.8. The molecule has 0 N–H and O–H groups in total. The fourth-order valence-corrected chi connectivity index (χ4v) is 2.73. The van der Waals surface area contributed by atoms with Gasteiger partial charge in [0.2, 0.25) is 0 Å². The highest BCUT2D eigenvalue weighted by atomic mass is 79.9. The normalized spacial score (nSPS) is 17.6. The number of carbonyl (C=O) groups excluding carboxylic acids is 1. The van der Waals surface area contributed by atoms with Crippen molar-refractivity contribution in [1.29, 1.82) is 0 Å². The van der Waals surface area contributed by atoms with Crippen LogP contribution >= 0.6 is 15.9 Å². The summed E-state index contributed by atoms with van der Waals surface area (Å²) in [5, 5.41) is 0. The minimum atomic E-state index is -0.578. The van der Waals surface area contributed by atoms with E-state index in [4.69, 9.17) is 4.74 Å². The lowest BCUT2D eigenvalue weighted by Gasteiger charge is -2.26. The van der Waals surface area contributed by atoms with Gasteiger partial charge in [0, 0.05) is 10.0 Å². The van der Waals surface area contributed by atoms with Gasteiger partial charge in [-0.3, -0.25) is 4.79 Å². The van der Waals surface area contributed by atoms with E-state index >= 15 is 0 Å². The van der Waals surface area contributed by atoms with E-state index < -0.39 is 17.7 Å². The SMILES string of the molecule is O=C1CC(c2cc(F)ccc2Br)Oc2ccc(F)cc21. The molecule has 0 saturated heterocycles. The largest absolute Gasteiger partial charge is 0.484 e. The van der Waals surface area contributed by atoms with E-state index in [-0.39, 0.29) is 17.8 Å². The number of hydrogen-bond acceptors (Lipinski definition) is 2. The Hall–Kier alpha value is -1.75. The highest BCUT2D eigenvalue weighted by Gasteiger charge is 2.29. The summed E-state index contributed by atoms with van der Waals surface area (Å²) >= 11 is 3.32. The third kappa shape index (κ3) is 2.33. The summed E-state index contributed by atoms with van der Waals surface area (Å²) in [7, 11) is 0. The molecule has 1 aliphatic heterocycles. The Bertz CT molecular complexity index is 700. The van der Waals surface area contributed by atoms with Crippen molar-refractivity contribution in [2.45, 2.75) is 12.5 Å². The van der Waals surface area contributed by atoms with Gasteiger partial charge in [0.1, 0.15) is 23.5 Å². The molecule has 2 aromatic carbocycles. The first-order valence-electron chi connectivity index (χ1n) is 5.99. The Morgan fingerprint density at radius 3 is 2.60 bits per heavy atom. The molecule has 0 amide bonds. The second kappa shape index (κ2) is 4.98. The number of hydrogen-bond donors (Lipinski definition) is 0. The molecule has 2 aromatic rings. The Kier molecular flexibility index (Phi) is 3.30. The van der Waals surface area contributed by atoms with Crippen LogP contribution in [0.3, 0.4) is 0 Å². The maximum atomic E-state index is 13.3. The van der Waals surface area contributed by atoms with Crippen LogP contribution in [0.15, 0.2) is 40.9 Å². The van der Waals surface area contributed by atoms with Gasteiger partial charge >= 0.3 is 0 Å². The van der Waals surface area contributed by atoms with Crippen LogP contribution < -0.4 is 4.74 Å². The van der Waals surface area contributed by atoms with Crippen molar-refractivity contribution in [2.24, 2.45) is 0 Å². The van der Waals surface area contributed by atoms with E-state index in [0.717, 1.165) is 6.07 Å². The maximum Gasteiger partial charge on any atom is 0.170 e. The Morgan fingerprint density at radius 2 is 1.80 bits per heavy atom. The standard InChI is InChI=1S/C15H9BrF2O2/c16-12-3-1-8(17)5-10(12)15-7-13(19)11-6-9(18)2-4-14(11)20-15/h1-6,15H,7H2. The van der Waals surface area contributed by atoms with E-state index in [0.29, 0.717) is 15.8 Å². The molecule has 1 unspecified atom stereocenters. The van der Waals surface area contributed by atoms with Crippen LogP contribution in [0.4, 0.5) is 8.78 Å². The van der Waals surface area contributed by atoms with Gasteiger partial charge in [0.25, 0.3) is 0 Å². The van der Waals surface area contributed by atoms with Crippen molar-refractivity contribution in [2.75, 3.05) is 0 Å². The van der Waals surface area contributed by atoms with Crippen LogP contribution in [0.5, 0.6) is 5.75 Å². The minimum absolute atomic E-state index is 0.0541. The fourth-order valence-electron chi connectivity index (χ4n) is 2.23. The molecule has 0 bridgehead atoms. The number of ether oxygens (including phenoxy) is 1. The Labute approximate surface area is 122 Å². The fraction of sp³-hybridized carbons (Fsp3) is 0.133. The number of ketones is 1. The lowest BCUT2D eigenvalue weighted by Crippen LogP contribution is -2.21. The minimum Gasteiger partial charge on any atom is -0.484 e. The van der Waals surface area contributed by atoms with Crippen molar-refractivity contribution >= 4 is 21.7 Å². The first-order chi connectivity index (χ1) is 9.54. The van der Waals surface area contributed by atoms with Gasteiger partial charge in [-0.1, -0.05) is 15.9 Å². The number of Topliss-reactive ketones (excluding diaryl/α,β-unsaturated/α-hetero) is 1. The molecule has 20 heavy (non-hydrogen) atoms. The van der Waals surface area contributed by atoms with E-state index in [1.54, 1.807) is 6.07 Å². The molecule has 0 fully saturated rings. The second-order valence-electron chi connectivity index (χ2n) is 4.54. The first-order valence-corrected chi connectivity index (χ1v) is 6.78. The number of rotatable bonds is 1. The molecule has 0 spiro atoms. The zero-order valence-corrected chi connectivity index (χ0v) is 11.8. The molecule has 102 valence electrons. The Balaban J connectivity index is 2.01. The number of benzene rings is 2. The van der Waals surface area contributed by atoms with Gasteiger partial charge in [-0.25, -0.2) is 8.78 Å². The Morgan fingerprint density at radius 1 is 1.10 bits per heavy atom. The molecular weight excluding hydrogens is 330 g/mol. The maximum absolute atomic E-state index is 13.3. The second-order valence-corrected chi connectivity index (χ2v) is 5.39. The first kappa shape index (κ1) is 13.2. The molecule has 0 aromatic heterocycles. The summed E-state index contributed by atoms with van der Waals surface area (Å²) in [6, 6.07) is 8.03. The van der Waals surface area contributed by atoms with Crippen molar-refractivity contribution in [3.8, 4) is 5.75 Å².